The van der Waals surface area contributed by atoms with Gasteiger partial charge in [0.05, 0.1) is 19.8 Å². The van der Waals surface area contributed by atoms with E-state index in [1.807, 2.05) is 31.2 Å². The number of hydrogen-bond acceptors (Lipinski definition) is 3. The molecule has 0 radical (unpaired) electrons. The summed E-state index contributed by atoms with van der Waals surface area (Å²) in [5, 5.41) is 16.5. The summed E-state index contributed by atoms with van der Waals surface area (Å²) in [4.78, 5) is 4.60. The summed E-state index contributed by atoms with van der Waals surface area (Å²) in [5.41, 5.74) is 1.11. The molecule has 2 atom stereocenters. The number of methoxy groups -OCH3 is 1. The molecule has 2 unspecified atom stereocenters. The number of aliphatic hydroxyl groups excluding tert-OH is 1. The minimum atomic E-state index is -0.172. The summed E-state index contributed by atoms with van der Waals surface area (Å²) in [6.45, 7) is 4.23. The molecule has 6 heteroatoms. The van der Waals surface area contributed by atoms with Crippen molar-refractivity contribution in [3.05, 3.63) is 29.8 Å². The molecular weight excluding hydrogens is 405 g/mol. The highest BCUT2D eigenvalue weighted by atomic mass is 127. The van der Waals surface area contributed by atoms with Crippen molar-refractivity contribution in [1.29, 1.82) is 0 Å². The number of hydrogen-bond donors (Lipinski definition) is 3. The molecule has 2 rings (SSSR count). The lowest BCUT2D eigenvalue weighted by Gasteiger charge is -2.17. The molecule has 1 aliphatic rings. The van der Waals surface area contributed by atoms with E-state index in [-0.39, 0.29) is 30.1 Å². The van der Waals surface area contributed by atoms with Crippen LogP contribution in [0.2, 0.25) is 0 Å². The van der Waals surface area contributed by atoms with Gasteiger partial charge in [0.2, 0.25) is 0 Å². The summed E-state index contributed by atoms with van der Waals surface area (Å²) >= 11 is 0. The Morgan fingerprint density at radius 2 is 2.17 bits per heavy atom. The molecule has 0 aliphatic heterocycles. The van der Waals surface area contributed by atoms with Gasteiger partial charge < -0.3 is 20.5 Å². The van der Waals surface area contributed by atoms with Gasteiger partial charge in [-0.05, 0) is 37.5 Å². The quantitative estimate of drug-likeness (QED) is 0.367. The highest BCUT2D eigenvalue weighted by molar-refractivity contribution is 14.0. The average molecular weight is 433 g/mol. The van der Waals surface area contributed by atoms with Crippen LogP contribution in [-0.2, 0) is 6.54 Å². The predicted molar refractivity (Wildman–Crippen MR) is 105 cm³/mol. The maximum atomic E-state index is 9.88. The summed E-state index contributed by atoms with van der Waals surface area (Å²) in [7, 11) is 1.67. The second-order valence-corrected chi connectivity index (χ2v) is 5.69. The van der Waals surface area contributed by atoms with E-state index < -0.39 is 0 Å². The van der Waals surface area contributed by atoms with E-state index in [1.54, 1.807) is 7.11 Å². The Bertz CT molecular complexity index is 496. The van der Waals surface area contributed by atoms with Gasteiger partial charge in [-0.2, -0.15) is 0 Å². The van der Waals surface area contributed by atoms with Crippen LogP contribution >= 0.6 is 24.0 Å². The van der Waals surface area contributed by atoms with E-state index in [9.17, 15) is 5.11 Å². The van der Waals surface area contributed by atoms with Gasteiger partial charge in [-0.25, -0.2) is 4.99 Å². The molecule has 1 fully saturated rings. The Balaban J connectivity index is 0.00000264. The molecule has 0 saturated heterocycles. The number of rotatable bonds is 6. The Hall–Kier alpha value is -1.02. The summed E-state index contributed by atoms with van der Waals surface area (Å²) < 4.78 is 5.23. The first-order valence-electron chi connectivity index (χ1n) is 8.06. The number of ether oxygens (including phenoxy) is 1. The normalized spacial score (nSPS) is 20.7. The van der Waals surface area contributed by atoms with Crippen LogP contribution in [0.1, 0.15) is 31.7 Å². The van der Waals surface area contributed by atoms with Crippen LogP contribution in [0.3, 0.4) is 0 Å². The van der Waals surface area contributed by atoms with Crippen LogP contribution in [0.5, 0.6) is 5.75 Å². The number of benzene rings is 1. The topological polar surface area (TPSA) is 65.9 Å². The number of guanidine groups is 1. The first kappa shape index (κ1) is 20.0. The number of nitrogens with zero attached hydrogens (tertiary/aromatic N) is 1. The molecule has 5 nitrogen and oxygen atoms in total. The summed E-state index contributed by atoms with van der Waals surface area (Å²) in [6.07, 6.45) is 2.95. The van der Waals surface area contributed by atoms with Crippen molar-refractivity contribution in [3.63, 3.8) is 0 Å². The first-order chi connectivity index (χ1) is 10.7. The van der Waals surface area contributed by atoms with Gasteiger partial charge in [-0.3, -0.25) is 0 Å². The molecule has 1 aromatic carbocycles. The number of nitrogens with one attached hydrogen (secondary N) is 2. The van der Waals surface area contributed by atoms with E-state index in [0.717, 1.165) is 49.6 Å². The number of aliphatic imine (C=N–C) groups is 1. The fourth-order valence-electron chi connectivity index (χ4n) is 2.77. The van der Waals surface area contributed by atoms with Crippen LogP contribution in [0.15, 0.2) is 29.3 Å². The molecule has 3 N–H and O–H groups in total. The van der Waals surface area contributed by atoms with Crippen LogP contribution in [0, 0.1) is 5.92 Å². The zero-order chi connectivity index (χ0) is 15.8. The molecule has 1 saturated carbocycles. The molecule has 1 aliphatic carbocycles. The van der Waals surface area contributed by atoms with Crippen molar-refractivity contribution in [3.8, 4) is 5.75 Å². The lowest BCUT2D eigenvalue weighted by atomic mass is 10.1. The minimum absolute atomic E-state index is 0. The third-order valence-electron chi connectivity index (χ3n) is 4.05. The van der Waals surface area contributed by atoms with Gasteiger partial charge in [0.15, 0.2) is 5.96 Å². The minimum Gasteiger partial charge on any atom is -0.497 e. The van der Waals surface area contributed by atoms with Crippen LogP contribution in [0.4, 0.5) is 0 Å². The smallest absolute Gasteiger partial charge is 0.191 e. The monoisotopic (exact) mass is 433 g/mol. The van der Waals surface area contributed by atoms with Crippen LogP contribution in [0.25, 0.3) is 0 Å². The maximum absolute atomic E-state index is 9.88. The largest absolute Gasteiger partial charge is 0.497 e. The van der Waals surface area contributed by atoms with Crippen molar-refractivity contribution >= 4 is 29.9 Å². The fraction of sp³-hybridized carbons (Fsp3) is 0.588. The molecular formula is C17H28IN3O2. The molecule has 1 aromatic rings. The van der Waals surface area contributed by atoms with Crippen molar-refractivity contribution in [2.45, 2.75) is 38.8 Å². The summed E-state index contributed by atoms with van der Waals surface area (Å²) in [5.74, 6) is 1.98. The van der Waals surface area contributed by atoms with Gasteiger partial charge >= 0.3 is 0 Å². The van der Waals surface area contributed by atoms with Crippen LogP contribution < -0.4 is 15.4 Å². The van der Waals surface area contributed by atoms with E-state index in [1.165, 1.54) is 0 Å². The number of aliphatic hydroxyl groups is 1. The Labute approximate surface area is 155 Å². The molecule has 130 valence electrons. The standard InChI is InChI=1S/C17H27N3O2.HI/c1-3-18-17(20-12-14-7-5-9-16(14)21)19-11-13-6-4-8-15(10-13)22-2;/h4,6,8,10,14,16,21H,3,5,7,9,11-12H2,1-2H3,(H2,18,19,20);1H. The van der Waals surface area contributed by atoms with Gasteiger partial charge in [0.25, 0.3) is 0 Å². The van der Waals surface area contributed by atoms with Gasteiger partial charge in [-0.1, -0.05) is 18.6 Å². The van der Waals surface area contributed by atoms with Gasteiger partial charge in [-0.15, -0.1) is 24.0 Å². The second kappa shape index (κ2) is 10.7. The molecule has 0 bridgehead atoms. The molecule has 0 heterocycles. The predicted octanol–water partition coefficient (Wildman–Crippen LogP) is 2.53. The third-order valence-corrected chi connectivity index (χ3v) is 4.05. The Morgan fingerprint density at radius 1 is 1.35 bits per heavy atom. The Kier molecular flexibility index (Phi) is 9.31. The maximum Gasteiger partial charge on any atom is 0.191 e. The van der Waals surface area contributed by atoms with E-state index in [2.05, 4.69) is 15.6 Å². The molecule has 23 heavy (non-hydrogen) atoms. The SMILES string of the molecule is CCNC(=NCc1cccc(OC)c1)NCC1CCCC1O.I. The fourth-order valence-corrected chi connectivity index (χ4v) is 2.77. The van der Waals surface area contributed by atoms with Gasteiger partial charge in [0.1, 0.15) is 5.75 Å². The zero-order valence-corrected chi connectivity index (χ0v) is 16.2. The highest BCUT2D eigenvalue weighted by Crippen LogP contribution is 2.24. The van der Waals surface area contributed by atoms with Crippen LogP contribution in [-0.4, -0.2) is 37.4 Å². The van der Waals surface area contributed by atoms with Crippen molar-refractivity contribution in [2.75, 3.05) is 20.2 Å². The van der Waals surface area contributed by atoms with E-state index >= 15 is 0 Å². The highest BCUT2D eigenvalue weighted by Gasteiger charge is 2.24. The lowest BCUT2D eigenvalue weighted by molar-refractivity contribution is 0.134. The molecule has 0 amide bonds. The zero-order valence-electron chi connectivity index (χ0n) is 13.9. The molecule has 0 aromatic heterocycles. The van der Waals surface area contributed by atoms with Crippen molar-refractivity contribution in [2.24, 2.45) is 10.9 Å². The van der Waals surface area contributed by atoms with E-state index in [4.69, 9.17) is 4.74 Å². The average Bonchev–Trinajstić information content (AvgIpc) is 2.95. The van der Waals surface area contributed by atoms with Gasteiger partial charge in [0, 0.05) is 19.0 Å². The van der Waals surface area contributed by atoms with Crippen molar-refractivity contribution < 1.29 is 9.84 Å². The number of halogens is 1. The first-order valence-corrected chi connectivity index (χ1v) is 8.06. The lowest BCUT2D eigenvalue weighted by Crippen LogP contribution is -2.41. The van der Waals surface area contributed by atoms with E-state index in [0.29, 0.717) is 12.5 Å². The van der Waals surface area contributed by atoms with Crippen molar-refractivity contribution in [1.82, 2.24) is 10.6 Å². The third kappa shape index (κ3) is 6.55. The summed E-state index contributed by atoms with van der Waals surface area (Å²) in [6, 6.07) is 7.93. The molecule has 0 spiro atoms. The second-order valence-electron chi connectivity index (χ2n) is 5.69. The Morgan fingerprint density at radius 3 is 2.83 bits per heavy atom.